The first-order valence-corrected chi connectivity index (χ1v) is 16.6. The molecule has 1 saturated carbocycles. The molecule has 1 saturated heterocycles. The number of likely N-dealkylation sites (tertiary alicyclic amines) is 1. The highest BCUT2D eigenvalue weighted by molar-refractivity contribution is 6.30. The van der Waals surface area contributed by atoms with Crippen molar-refractivity contribution in [3.05, 3.63) is 130 Å². The molecular weight excluding hydrogens is 597 g/mol. The molecule has 0 bridgehead atoms. The van der Waals surface area contributed by atoms with E-state index in [1.807, 2.05) is 78.9 Å². The van der Waals surface area contributed by atoms with Crippen LogP contribution < -0.4 is 11.1 Å². The van der Waals surface area contributed by atoms with Crippen molar-refractivity contribution in [3.63, 3.8) is 0 Å². The van der Waals surface area contributed by atoms with E-state index in [4.69, 9.17) is 17.3 Å². The number of nitrogen functional groups attached to an aromatic ring is 1. The number of aliphatic hydroxyl groups is 1. The van der Waals surface area contributed by atoms with Gasteiger partial charge in [0, 0.05) is 28.9 Å². The Morgan fingerprint density at radius 1 is 0.913 bits per heavy atom. The maximum Gasteiger partial charge on any atom is 0.237 e. The van der Waals surface area contributed by atoms with Crippen molar-refractivity contribution < 1.29 is 14.3 Å². The molecule has 5 atom stereocenters. The smallest absolute Gasteiger partial charge is 0.237 e. The van der Waals surface area contributed by atoms with Crippen molar-refractivity contribution in [1.82, 2.24) is 4.90 Å². The van der Waals surface area contributed by atoms with Gasteiger partial charge in [0.2, 0.25) is 5.91 Å². The predicted octanol–water partition coefficient (Wildman–Crippen LogP) is 8.55. The summed E-state index contributed by atoms with van der Waals surface area (Å²) in [4.78, 5) is 17.5. The molecule has 46 heavy (non-hydrogen) atoms. The summed E-state index contributed by atoms with van der Waals surface area (Å²) < 4.78 is 16.4. The second kappa shape index (κ2) is 11.2. The number of aliphatic hydroxyl groups excluding tert-OH is 1. The van der Waals surface area contributed by atoms with E-state index in [1.54, 1.807) is 18.2 Å². The molecule has 1 unspecified atom stereocenters. The van der Waals surface area contributed by atoms with Gasteiger partial charge in [-0.1, -0.05) is 104 Å². The van der Waals surface area contributed by atoms with E-state index < -0.39 is 34.8 Å². The van der Waals surface area contributed by atoms with Crippen molar-refractivity contribution in [1.29, 1.82) is 0 Å². The lowest BCUT2D eigenvalue weighted by Gasteiger charge is -2.56. The number of nitrogens with one attached hydrogen (secondary N) is 1. The minimum atomic E-state index is -1.19. The average molecular weight is 638 g/mol. The number of rotatable bonds is 5. The first kappa shape index (κ1) is 30.9. The zero-order valence-electron chi connectivity index (χ0n) is 26.5. The van der Waals surface area contributed by atoms with E-state index in [-0.39, 0.29) is 22.4 Å². The molecule has 7 heteroatoms. The van der Waals surface area contributed by atoms with Crippen molar-refractivity contribution in [2.45, 2.75) is 81.5 Å². The van der Waals surface area contributed by atoms with E-state index in [9.17, 15) is 5.11 Å². The Hall–Kier alpha value is -3.71. The molecule has 5 nitrogen and oxygen atoms in total. The van der Waals surface area contributed by atoms with Crippen molar-refractivity contribution >= 4 is 28.9 Å². The first-order chi connectivity index (χ1) is 22.0. The second-order valence-corrected chi connectivity index (χ2v) is 14.6. The Bertz CT molecular complexity index is 1770. The highest BCUT2D eigenvalue weighted by Crippen LogP contribution is 2.69. The Balaban J connectivity index is 1.57. The van der Waals surface area contributed by atoms with Crippen molar-refractivity contribution in [2.75, 3.05) is 11.1 Å². The fourth-order valence-corrected chi connectivity index (χ4v) is 9.45. The summed E-state index contributed by atoms with van der Waals surface area (Å²) in [6, 6.07) is 29.5. The minimum absolute atomic E-state index is 0.0250. The summed E-state index contributed by atoms with van der Waals surface area (Å²) in [5.74, 6) is -1.29. The largest absolute Gasteiger partial charge is 0.399 e. The molecule has 4 N–H and O–H groups in total. The van der Waals surface area contributed by atoms with Crippen LogP contribution in [0.1, 0.15) is 86.8 Å². The van der Waals surface area contributed by atoms with Crippen molar-refractivity contribution in [2.24, 2.45) is 5.41 Å². The average Bonchev–Trinajstić information content (AvgIpc) is 3.45. The summed E-state index contributed by atoms with van der Waals surface area (Å²) in [6.07, 6.45) is 2.18. The summed E-state index contributed by atoms with van der Waals surface area (Å²) in [5, 5.41) is 15.7. The van der Waals surface area contributed by atoms with Gasteiger partial charge in [-0.25, -0.2) is 4.39 Å². The predicted molar refractivity (Wildman–Crippen MR) is 182 cm³/mol. The Morgan fingerprint density at radius 3 is 2.20 bits per heavy atom. The van der Waals surface area contributed by atoms with E-state index in [1.165, 1.54) is 0 Å². The molecule has 238 valence electrons. The molecule has 3 aliphatic rings. The number of carbonyl (C=O) groups is 1. The van der Waals surface area contributed by atoms with Crippen LogP contribution in [0.4, 0.5) is 15.8 Å². The quantitative estimate of drug-likeness (QED) is 0.192. The zero-order chi connectivity index (χ0) is 32.4. The Kier molecular flexibility index (Phi) is 7.54. The fourth-order valence-electron chi connectivity index (χ4n) is 9.27. The van der Waals surface area contributed by atoms with Gasteiger partial charge in [-0.2, -0.15) is 0 Å². The second-order valence-electron chi connectivity index (χ2n) is 14.2. The van der Waals surface area contributed by atoms with Crippen LogP contribution in [0.2, 0.25) is 5.02 Å². The molecule has 0 radical (unpaired) electrons. The molecule has 2 spiro atoms. The van der Waals surface area contributed by atoms with Gasteiger partial charge >= 0.3 is 0 Å². The van der Waals surface area contributed by atoms with Crippen LogP contribution in [0.15, 0.2) is 97.1 Å². The lowest BCUT2D eigenvalue weighted by molar-refractivity contribution is -0.129. The Labute approximate surface area is 275 Å². The number of carbonyl (C=O) groups excluding carboxylic acids is 1. The van der Waals surface area contributed by atoms with Gasteiger partial charge < -0.3 is 16.2 Å². The van der Waals surface area contributed by atoms with Gasteiger partial charge in [-0.3, -0.25) is 9.69 Å². The molecule has 4 aromatic carbocycles. The molecule has 2 fully saturated rings. The van der Waals surface area contributed by atoms with Crippen molar-refractivity contribution in [3.8, 4) is 0 Å². The van der Waals surface area contributed by atoms with Gasteiger partial charge in [0.1, 0.15) is 11.2 Å². The van der Waals surface area contributed by atoms with Crippen LogP contribution in [-0.2, 0) is 10.2 Å². The summed E-state index contributed by atoms with van der Waals surface area (Å²) in [6.45, 7) is 6.65. The zero-order valence-corrected chi connectivity index (χ0v) is 27.3. The van der Waals surface area contributed by atoms with Crippen LogP contribution in [-0.4, -0.2) is 27.5 Å². The molecule has 4 aromatic rings. The third kappa shape index (κ3) is 4.44. The third-order valence-corrected chi connectivity index (χ3v) is 11.6. The van der Waals surface area contributed by atoms with Crippen LogP contribution in [0, 0.1) is 11.2 Å². The fraction of sp³-hybridized carbons (Fsp3) is 0.359. The van der Waals surface area contributed by atoms with Crippen LogP contribution in [0.3, 0.4) is 0 Å². The van der Waals surface area contributed by atoms with Gasteiger partial charge in [0.25, 0.3) is 0 Å². The third-order valence-electron chi connectivity index (χ3n) is 11.3. The first-order valence-electron chi connectivity index (χ1n) is 16.2. The van der Waals surface area contributed by atoms with E-state index in [0.717, 1.165) is 29.5 Å². The summed E-state index contributed by atoms with van der Waals surface area (Å²) >= 11 is 6.49. The number of nitrogens with zero attached hydrogens (tertiary/aromatic N) is 1. The highest BCUT2D eigenvalue weighted by atomic mass is 35.5. The lowest BCUT2D eigenvalue weighted by Crippen LogP contribution is -2.63. The van der Waals surface area contributed by atoms with E-state index in [2.05, 4.69) is 31.0 Å². The van der Waals surface area contributed by atoms with E-state index in [0.29, 0.717) is 29.8 Å². The number of amides is 1. The maximum absolute atomic E-state index is 16.4. The molecular formula is C39H41ClFN3O2. The molecule has 7 rings (SSSR count). The number of hydrogen-bond acceptors (Lipinski definition) is 4. The van der Waals surface area contributed by atoms with Crippen LogP contribution >= 0.6 is 11.6 Å². The standard InChI is InChI=1S/C39H41ClFN3O2/c1-24-32(28-15-10-16-30(40)33(28)41)39(29-18-17-27(42)23-31(29)43-36(39)46)38(21-19-37(2,3)20-22-38)44(24)34(25-11-6-4-7-12-25)35(45)26-13-8-5-9-14-26/h4-18,23-24,32,34-35,45H,19-22,42H2,1-3H3,(H,43,46)/t24-,32+,34+,35-,39?/m0/s1. The lowest BCUT2D eigenvalue weighted by atomic mass is 9.53. The number of anilines is 2. The highest BCUT2D eigenvalue weighted by Gasteiger charge is 2.75. The summed E-state index contributed by atoms with van der Waals surface area (Å²) in [5.41, 5.74) is 8.51. The molecule has 2 heterocycles. The normalized spacial score (nSPS) is 26.2. The number of fused-ring (bicyclic) bond motifs is 3. The van der Waals surface area contributed by atoms with Gasteiger partial charge in [0.15, 0.2) is 0 Å². The van der Waals surface area contributed by atoms with E-state index >= 15 is 9.18 Å². The van der Waals surface area contributed by atoms with Gasteiger partial charge in [-0.05, 0) is 78.5 Å². The number of benzene rings is 4. The maximum atomic E-state index is 16.4. The SMILES string of the molecule is C[C@H]1[C@H](c2cccc(Cl)c2F)C2(C(=O)Nc3cc(N)ccc32)C2(CCC(C)(C)CC2)N1[C@H](c1ccccc1)[C@@H](O)c1ccccc1. The van der Waals surface area contributed by atoms with Gasteiger partial charge in [0.05, 0.1) is 17.2 Å². The van der Waals surface area contributed by atoms with Gasteiger partial charge in [-0.15, -0.1) is 0 Å². The number of hydrogen-bond donors (Lipinski definition) is 3. The topological polar surface area (TPSA) is 78.6 Å². The number of nitrogens with two attached hydrogens (primary N) is 1. The summed E-state index contributed by atoms with van der Waals surface area (Å²) in [7, 11) is 0. The molecule has 2 aliphatic heterocycles. The number of halogens is 2. The monoisotopic (exact) mass is 637 g/mol. The molecule has 1 amide bonds. The Morgan fingerprint density at radius 2 is 1.54 bits per heavy atom. The molecule has 1 aliphatic carbocycles. The van der Waals surface area contributed by atoms with Crippen LogP contribution in [0.25, 0.3) is 0 Å². The molecule has 0 aromatic heterocycles. The minimum Gasteiger partial charge on any atom is -0.399 e. The van der Waals surface area contributed by atoms with Crippen LogP contribution in [0.5, 0.6) is 0 Å².